The molecule has 0 rings (SSSR count). The van der Waals surface area contributed by atoms with E-state index in [2.05, 4.69) is 0 Å². The van der Waals surface area contributed by atoms with Crippen LogP contribution < -0.4 is 60.3 Å². The molecule has 0 aliphatic carbocycles. The first-order valence-electron chi connectivity index (χ1n) is 2.83. The minimum Gasteiger partial charge on any atom is -0.907 e. The van der Waals surface area contributed by atoms with E-state index in [0.29, 0.717) is 0 Å². The zero-order valence-electron chi connectivity index (χ0n) is 8.27. The Morgan fingerprint density at radius 2 is 0.263 bits per heavy atom. The summed E-state index contributed by atoms with van der Waals surface area (Å²) in [6.07, 6.45) is 0. The van der Waals surface area contributed by atoms with E-state index < -0.39 is 29.3 Å². The third-order valence-electron chi connectivity index (χ3n) is 0. The van der Waals surface area contributed by atoms with E-state index in [0.717, 1.165) is 0 Å². The van der Waals surface area contributed by atoms with Crippen molar-refractivity contribution < 1.29 is 119 Å². The van der Waals surface area contributed by atoms with Crippen LogP contribution in [0.5, 0.6) is 0 Å². The summed E-state index contributed by atoms with van der Waals surface area (Å²) < 4.78 is 0. The van der Waals surface area contributed by atoms with Crippen molar-refractivity contribution in [1.29, 1.82) is 0 Å². The second kappa shape index (κ2) is 36.7. The normalized spacial score (nSPS) is 5.68. The van der Waals surface area contributed by atoms with Gasteiger partial charge in [0.25, 0.3) is 0 Å². The molecule has 19 heavy (non-hydrogen) atoms. The molecule has 0 bridgehead atoms. The van der Waals surface area contributed by atoms with Gasteiger partial charge in [0, 0.05) is 0 Å². The summed E-state index contributed by atoms with van der Waals surface area (Å²) in [7, 11) is -11.7. The fourth-order valence-corrected chi connectivity index (χ4v) is 0. The Morgan fingerprint density at radius 1 is 0.263 bits per heavy atom. The number of hydrogen-bond acceptors (Lipinski definition) is 12. The molecule has 0 aromatic rings. The van der Waals surface area contributed by atoms with Crippen molar-refractivity contribution in [3.63, 3.8) is 0 Å². The first-order valence-corrected chi connectivity index (χ1v) is 2.83. The average Bonchev–Trinajstić information content (AvgIpc) is 1.76. The molecular weight excluding hydrogens is 538 g/mol. The number of hydrogen-bond donors (Lipinski definition) is 0. The van der Waals surface area contributed by atoms with Crippen molar-refractivity contribution in [2.24, 2.45) is 0 Å². The molecule has 0 radical (unpaired) electrons. The molecule has 0 amide bonds. The SMILES string of the molecule is [O-]B([O-])[O-].[O-]B([O-])[O-].[O-]B([O-])[O-].[O-]B([O-])[O-].[Ru+4].[Ru+4].[Ru+4]. The predicted molar refractivity (Wildman–Crippen MR) is 23.0 cm³/mol. The van der Waals surface area contributed by atoms with Crippen LogP contribution in [-0.2, 0) is 58.4 Å². The van der Waals surface area contributed by atoms with Gasteiger partial charge in [-0.1, -0.05) is 0 Å². The Balaban J connectivity index is -0.0000000192. The smallest absolute Gasteiger partial charge is 0.907 e. The molecule has 0 aromatic carbocycles. The molecule has 0 heterocycles. The van der Waals surface area contributed by atoms with Crippen molar-refractivity contribution in [1.82, 2.24) is 0 Å². The fourth-order valence-electron chi connectivity index (χ4n) is 0. The zero-order valence-corrected chi connectivity index (χ0v) is 13.5. The van der Waals surface area contributed by atoms with E-state index >= 15 is 0 Å². The van der Waals surface area contributed by atoms with Crippen LogP contribution in [0.2, 0.25) is 0 Å². The van der Waals surface area contributed by atoms with Crippen LogP contribution in [0, 0.1) is 0 Å². The third-order valence-corrected chi connectivity index (χ3v) is 0. The summed E-state index contributed by atoms with van der Waals surface area (Å²) in [5.74, 6) is 0. The van der Waals surface area contributed by atoms with Crippen LogP contribution in [0.1, 0.15) is 0 Å². The molecule has 0 aliphatic heterocycles. The van der Waals surface area contributed by atoms with Crippen LogP contribution in [0.25, 0.3) is 0 Å². The Hall–Kier alpha value is 1.65. The van der Waals surface area contributed by atoms with Crippen molar-refractivity contribution in [2.75, 3.05) is 0 Å². The maximum atomic E-state index is 8.42. The van der Waals surface area contributed by atoms with Gasteiger partial charge in [-0.05, 0) is 0 Å². The quantitative estimate of drug-likeness (QED) is 0.260. The van der Waals surface area contributed by atoms with Gasteiger partial charge in [0.15, 0.2) is 0 Å². The summed E-state index contributed by atoms with van der Waals surface area (Å²) in [6.45, 7) is 0. The molecule has 0 atom stereocenters. The molecule has 0 unspecified atom stereocenters. The Kier molecular flexibility index (Phi) is 82.6. The summed E-state index contributed by atoms with van der Waals surface area (Å²) in [4.78, 5) is 0. The molecule has 0 aromatic heterocycles. The van der Waals surface area contributed by atoms with Gasteiger partial charge >= 0.3 is 58.4 Å². The Bertz CT molecular complexity index is 68.0. The van der Waals surface area contributed by atoms with Gasteiger partial charge in [0.05, 0.1) is 0 Å². The molecule has 0 aliphatic rings. The molecule has 0 saturated heterocycles. The van der Waals surface area contributed by atoms with Gasteiger partial charge < -0.3 is 60.3 Å². The van der Waals surface area contributed by atoms with Gasteiger partial charge in [0.1, 0.15) is 0 Å². The first-order chi connectivity index (χ1) is 6.93. The minimum absolute atomic E-state index is 0. The molecule has 0 N–H and O–H groups in total. The Morgan fingerprint density at radius 3 is 0.263 bits per heavy atom. The van der Waals surface area contributed by atoms with Gasteiger partial charge in [-0.25, -0.2) is 0 Å². The molecule has 0 saturated carbocycles. The molecule has 0 spiro atoms. The van der Waals surface area contributed by atoms with E-state index in [4.69, 9.17) is 60.3 Å². The van der Waals surface area contributed by atoms with E-state index in [-0.39, 0.29) is 58.4 Å². The van der Waals surface area contributed by atoms with Crippen molar-refractivity contribution in [3.05, 3.63) is 0 Å². The molecule has 108 valence electrons. The van der Waals surface area contributed by atoms with Gasteiger partial charge in [0.2, 0.25) is 0 Å². The molecule has 19 heteroatoms. The van der Waals surface area contributed by atoms with Gasteiger partial charge in [-0.2, -0.15) is 0 Å². The van der Waals surface area contributed by atoms with Crippen LogP contribution in [-0.4, -0.2) is 29.3 Å². The van der Waals surface area contributed by atoms with E-state index in [1.165, 1.54) is 0 Å². The number of rotatable bonds is 0. The van der Waals surface area contributed by atoms with Crippen LogP contribution in [0.4, 0.5) is 0 Å². The molecular formula is B4O12Ru3. The zero-order chi connectivity index (χ0) is 14.3. The third kappa shape index (κ3) is 2250. The summed E-state index contributed by atoms with van der Waals surface area (Å²) >= 11 is 0. The topological polar surface area (TPSA) is 277 Å². The van der Waals surface area contributed by atoms with E-state index in [1.807, 2.05) is 0 Å². The van der Waals surface area contributed by atoms with Crippen LogP contribution in [0.3, 0.4) is 0 Å². The van der Waals surface area contributed by atoms with E-state index in [9.17, 15) is 0 Å². The second-order valence-corrected chi connectivity index (χ2v) is 1.15. The minimum atomic E-state index is -2.92. The van der Waals surface area contributed by atoms with Crippen LogP contribution >= 0.6 is 0 Å². The summed E-state index contributed by atoms with van der Waals surface area (Å²) in [5, 5.41) is 101. The van der Waals surface area contributed by atoms with Crippen molar-refractivity contribution in [3.8, 4) is 0 Å². The van der Waals surface area contributed by atoms with Crippen molar-refractivity contribution in [2.45, 2.75) is 0 Å². The van der Waals surface area contributed by atoms with Gasteiger partial charge in [-0.3, -0.25) is 29.3 Å². The standard InChI is InChI=1S/4BO3.3Ru/c4*2-1(3)4;;;/q4*-3;3*+4. The second-order valence-electron chi connectivity index (χ2n) is 1.15. The van der Waals surface area contributed by atoms with Crippen LogP contribution in [0.15, 0.2) is 0 Å². The fraction of sp³-hybridized carbons (Fsp3) is 0. The maximum Gasteiger partial charge on any atom is 4.00 e. The van der Waals surface area contributed by atoms with Gasteiger partial charge in [-0.15, -0.1) is 0 Å². The van der Waals surface area contributed by atoms with Crippen molar-refractivity contribution >= 4 is 29.3 Å². The van der Waals surface area contributed by atoms with E-state index in [1.54, 1.807) is 0 Å². The first kappa shape index (κ1) is 42.8. The largest absolute Gasteiger partial charge is 4.00 e. The monoisotopic (exact) mass is 542 g/mol. The predicted octanol–water partition coefficient (Wildman–Crippen LogP) is -15.8. The summed E-state index contributed by atoms with van der Waals surface area (Å²) in [6, 6.07) is 0. The average molecular weight is 538 g/mol. The summed E-state index contributed by atoms with van der Waals surface area (Å²) in [5.41, 5.74) is 0. The molecule has 0 fully saturated rings. The molecule has 12 nitrogen and oxygen atoms in total. The maximum absolute atomic E-state index is 8.42. The Labute approximate surface area is 147 Å².